The molecule has 2 aliphatic heterocycles. The highest BCUT2D eigenvalue weighted by Crippen LogP contribution is 2.26. The molecule has 0 N–H and O–H groups in total. The molecule has 142 valence electrons. The summed E-state index contributed by atoms with van der Waals surface area (Å²) in [4.78, 5) is 37.1. The molecule has 2 aliphatic rings. The number of carbonyl (C=O) groups excluding carboxylic acids is 2. The van der Waals surface area contributed by atoms with Crippen molar-refractivity contribution < 1.29 is 9.59 Å². The van der Waals surface area contributed by atoms with Crippen LogP contribution in [0.5, 0.6) is 0 Å². The average molecular weight is 368 g/mol. The number of aromatic nitrogens is 4. The fourth-order valence-corrected chi connectivity index (χ4v) is 3.87. The van der Waals surface area contributed by atoms with Gasteiger partial charge in [0.05, 0.1) is 5.56 Å². The number of amides is 2. The first kappa shape index (κ1) is 17.6. The summed E-state index contributed by atoms with van der Waals surface area (Å²) in [7, 11) is 0. The number of nitrogens with zero attached hydrogens (tertiary/aromatic N) is 6. The van der Waals surface area contributed by atoms with E-state index < -0.39 is 0 Å². The summed E-state index contributed by atoms with van der Waals surface area (Å²) in [6.07, 6.45) is 8.78. The molecule has 4 heterocycles. The van der Waals surface area contributed by atoms with Crippen molar-refractivity contribution in [2.75, 3.05) is 26.2 Å². The predicted octanol–water partition coefficient (Wildman–Crippen LogP) is 1.32. The van der Waals surface area contributed by atoms with Crippen LogP contribution < -0.4 is 0 Å². The van der Waals surface area contributed by atoms with Crippen LogP contribution in [0.2, 0.25) is 0 Å². The van der Waals surface area contributed by atoms with Gasteiger partial charge in [-0.3, -0.25) is 14.6 Å². The van der Waals surface area contributed by atoms with Crippen molar-refractivity contribution in [2.24, 2.45) is 0 Å². The molecule has 2 amide bonds. The Kier molecular flexibility index (Phi) is 5.13. The number of likely N-dealkylation sites (tertiary alicyclic amines) is 2. The molecule has 8 nitrogen and oxygen atoms in total. The van der Waals surface area contributed by atoms with Gasteiger partial charge in [0.15, 0.2) is 0 Å². The van der Waals surface area contributed by atoms with E-state index in [0.29, 0.717) is 12.1 Å². The lowest BCUT2D eigenvalue weighted by Crippen LogP contribution is -2.41. The molecule has 0 radical (unpaired) electrons. The molecule has 0 aromatic carbocycles. The van der Waals surface area contributed by atoms with E-state index in [1.165, 1.54) is 6.33 Å². The van der Waals surface area contributed by atoms with E-state index in [-0.39, 0.29) is 24.3 Å². The van der Waals surface area contributed by atoms with Gasteiger partial charge in [-0.25, -0.2) is 9.67 Å². The number of hydrogen-bond acceptors (Lipinski definition) is 5. The van der Waals surface area contributed by atoms with Gasteiger partial charge in [0, 0.05) is 44.0 Å². The summed E-state index contributed by atoms with van der Waals surface area (Å²) < 4.78 is 1.54. The maximum Gasteiger partial charge on any atom is 0.255 e. The minimum atomic E-state index is 0.0473. The second kappa shape index (κ2) is 7.85. The molecule has 2 fully saturated rings. The molecule has 2 saturated heterocycles. The van der Waals surface area contributed by atoms with Crippen LogP contribution in [0.3, 0.4) is 0 Å². The minimum absolute atomic E-state index is 0.0473. The van der Waals surface area contributed by atoms with Crippen LogP contribution in [0.15, 0.2) is 31.0 Å². The number of piperidine rings is 1. The quantitative estimate of drug-likeness (QED) is 0.813. The normalized spacial score (nSPS) is 20.1. The first-order valence-electron chi connectivity index (χ1n) is 9.56. The highest BCUT2D eigenvalue weighted by atomic mass is 16.2. The molecule has 4 rings (SSSR count). The summed E-state index contributed by atoms with van der Waals surface area (Å²) in [5.74, 6) is 0.320. The Balaban J connectivity index is 1.39. The lowest BCUT2D eigenvalue weighted by molar-refractivity contribution is -0.133. The van der Waals surface area contributed by atoms with Crippen molar-refractivity contribution in [3.8, 4) is 0 Å². The largest absolute Gasteiger partial charge is 0.340 e. The van der Waals surface area contributed by atoms with E-state index >= 15 is 0 Å². The maximum atomic E-state index is 12.5. The van der Waals surface area contributed by atoms with Gasteiger partial charge in [-0.05, 0) is 37.8 Å². The highest BCUT2D eigenvalue weighted by Gasteiger charge is 2.26. The number of hydrogen-bond donors (Lipinski definition) is 0. The zero-order valence-corrected chi connectivity index (χ0v) is 15.3. The van der Waals surface area contributed by atoms with Gasteiger partial charge in [0.2, 0.25) is 5.91 Å². The molecular weight excluding hydrogens is 344 g/mol. The second-order valence-electron chi connectivity index (χ2n) is 7.24. The van der Waals surface area contributed by atoms with Crippen LogP contribution in [-0.2, 0) is 11.3 Å². The van der Waals surface area contributed by atoms with Gasteiger partial charge in [-0.1, -0.05) is 0 Å². The van der Waals surface area contributed by atoms with Crippen LogP contribution >= 0.6 is 0 Å². The number of pyridine rings is 1. The van der Waals surface area contributed by atoms with Crippen molar-refractivity contribution in [1.82, 2.24) is 29.5 Å². The lowest BCUT2D eigenvalue weighted by Gasteiger charge is -2.32. The molecule has 0 bridgehead atoms. The molecule has 0 saturated carbocycles. The van der Waals surface area contributed by atoms with Gasteiger partial charge < -0.3 is 9.80 Å². The van der Waals surface area contributed by atoms with Crippen LogP contribution in [0, 0.1) is 0 Å². The van der Waals surface area contributed by atoms with E-state index in [2.05, 4.69) is 15.1 Å². The summed E-state index contributed by atoms with van der Waals surface area (Å²) in [6, 6.07) is 3.82. The molecule has 27 heavy (non-hydrogen) atoms. The fraction of sp³-hybridized carbons (Fsp3) is 0.526. The molecule has 0 spiro atoms. The van der Waals surface area contributed by atoms with Gasteiger partial charge in [-0.2, -0.15) is 5.10 Å². The van der Waals surface area contributed by atoms with Crippen LogP contribution in [-0.4, -0.2) is 67.5 Å². The summed E-state index contributed by atoms with van der Waals surface area (Å²) in [5.41, 5.74) is 1.60. The smallest absolute Gasteiger partial charge is 0.255 e. The first-order valence-corrected chi connectivity index (χ1v) is 9.56. The molecular formula is C19H24N6O2. The van der Waals surface area contributed by atoms with E-state index in [1.807, 2.05) is 21.9 Å². The standard InChI is InChI=1S/C19H24N6O2/c26-18(12-25-14-20-13-22-25)24-9-3-4-16(11-24)17-6-5-15(10-21-17)19(27)23-7-1-2-8-23/h5-6,10,13-14,16H,1-4,7-9,11-12H2/t16-/m0/s1. The van der Waals surface area contributed by atoms with Gasteiger partial charge in [0.25, 0.3) is 5.91 Å². The van der Waals surface area contributed by atoms with E-state index in [9.17, 15) is 9.59 Å². The Bertz CT molecular complexity index is 783. The zero-order valence-electron chi connectivity index (χ0n) is 15.3. The zero-order chi connectivity index (χ0) is 18.6. The fourth-order valence-electron chi connectivity index (χ4n) is 3.87. The second-order valence-corrected chi connectivity index (χ2v) is 7.24. The molecule has 2 aromatic heterocycles. The third kappa shape index (κ3) is 3.99. The molecule has 8 heteroatoms. The van der Waals surface area contributed by atoms with Crippen molar-refractivity contribution in [3.05, 3.63) is 42.2 Å². The van der Waals surface area contributed by atoms with Gasteiger partial charge in [0.1, 0.15) is 19.2 Å². The Hall–Kier alpha value is -2.77. The highest BCUT2D eigenvalue weighted by molar-refractivity contribution is 5.94. The monoisotopic (exact) mass is 368 g/mol. The van der Waals surface area contributed by atoms with Crippen molar-refractivity contribution in [3.63, 3.8) is 0 Å². The maximum absolute atomic E-state index is 12.5. The Morgan fingerprint density at radius 3 is 2.59 bits per heavy atom. The molecule has 0 unspecified atom stereocenters. The third-order valence-corrected chi connectivity index (χ3v) is 5.38. The summed E-state index contributed by atoms with van der Waals surface area (Å²) in [6.45, 7) is 3.30. The summed E-state index contributed by atoms with van der Waals surface area (Å²) in [5, 5.41) is 4.00. The Morgan fingerprint density at radius 1 is 1.07 bits per heavy atom. The molecule has 1 atom stereocenters. The SMILES string of the molecule is O=C(Cn1cncn1)N1CCC[C@H](c2ccc(C(=O)N3CCCC3)cn2)C1. The Morgan fingerprint density at radius 2 is 1.89 bits per heavy atom. The predicted molar refractivity (Wildman–Crippen MR) is 98.0 cm³/mol. The number of carbonyl (C=O) groups is 2. The topological polar surface area (TPSA) is 84.2 Å². The van der Waals surface area contributed by atoms with E-state index in [1.54, 1.807) is 17.2 Å². The van der Waals surface area contributed by atoms with Crippen LogP contribution in [0.1, 0.15) is 47.7 Å². The molecule has 0 aliphatic carbocycles. The minimum Gasteiger partial charge on any atom is -0.340 e. The van der Waals surface area contributed by atoms with Gasteiger partial charge in [-0.15, -0.1) is 0 Å². The van der Waals surface area contributed by atoms with Crippen molar-refractivity contribution in [2.45, 2.75) is 38.1 Å². The molecule has 2 aromatic rings. The number of rotatable bonds is 4. The first-order chi connectivity index (χ1) is 13.2. The lowest BCUT2D eigenvalue weighted by atomic mass is 9.94. The Labute approximate surface area is 158 Å². The van der Waals surface area contributed by atoms with Gasteiger partial charge >= 0.3 is 0 Å². The van der Waals surface area contributed by atoms with E-state index in [0.717, 1.165) is 51.0 Å². The average Bonchev–Trinajstić information content (AvgIpc) is 3.42. The summed E-state index contributed by atoms with van der Waals surface area (Å²) >= 11 is 0. The van der Waals surface area contributed by atoms with Crippen molar-refractivity contribution >= 4 is 11.8 Å². The van der Waals surface area contributed by atoms with Crippen LogP contribution in [0.4, 0.5) is 0 Å². The van der Waals surface area contributed by atoms with E-state index in [4.69, 9.17) is 0 Å². The third-order valence-electron chi connectivity index (χ3n) is 5.38. The van der Waals surface area contributed by atoms with Crippen LogP contribution in [0.25, 0.3) is 0 Å². The van der Waals surface area contributed by atoms with Crippen molar-refractivity contribution in [1.29, 1.82) is 0 Å².